The molecular weight excluding hydrogens is 283 g/mol. The molecule has 1 aromatic rings. The first-order chi connectivity index (χ1) is 8.36. The smallest absolute Gasteiger partial charge is 0.246 e. The van der Waals surface area contributed by atoms with E-state index in [0.29, 0.717) is 0 Å². The van der Waals surface area contributed by atoms with Crippen LogP contribution in [0.15, 0.2) is 17.0 Å². The van der Waals surface area contributed by atoms with Crippen LogP contribution < -0.4 is 5.73 Å². The number of aliphatic hydroxyl groups excluding tert-OH is 1. The summed E-state index contributed by atoms with van der Waals surface area (Å²) in [6, 6.07) is 2.19. The van der Waals surface area contributed by atoms with E-state index in [9.17, 15) is 12.8 Å². The Balaban J connectivity index is 2.37. The second-order valence-electron chi connectivity index (χ2n) is 4.18. The number of anilines is 1. The zero-order chi connectivity index (χ0) is 13.5. The molecular formula is C10H12ClFN2O3S. The average Bonchev–Trinajstić information content (AvgIpc) is 2.21. The number of nitrogens with zero attached hydrogens (tertiary/aromatic N) is 1. The van der Waals surface area contributed by atoms with Crippen molar-refractivity contribution in [3.05, 3.63) is 23.0 Å². The highest BCUT2D eigenvalue weighted by Crippen LogP contribution is 2.30. The second-order valence-corrected chi connectivity index (χ2v) is 6.52. The predicted molar refractivity (Wildman–Crippen MR) is 65.2 cm³/mol. The average molecular weight is 295 g/mol. The summed E-state index contributed by atoms with van der Waals surface area (Å²) < 4.78 is 39.0. The van der Waals surface area contributed by atoms with Crippen LogP contribution in [0.2, 0.25) is 5.02 Å². The van der Waals surface area contributed by atoms with Gasteiger partial charge in [-0.15, -0.1) is 0 Å². The fourth-order valence-electron chi connectivity index (χ4n) is 1.75. The fraction of sp³-hybridized carbons (Fsp3) is 0.400. The summed E-state index contributed by atoms with van der Waals surface area (Å²) >= 11 is 5.68. The van der Waals surface area contributed by atoms with Gasteiger partial charge in [0.25, 0.3) is 0 Å². The fourth-order valence-corrected chi connectivity index (χ4v) is 3.75. The molecule has 0 bridgehead atoms. The van der Waals surface area contributed by atoms with Gasteiger partial charge in [0.15, 0.2) is 5.82 Å². The molecule has 1 aromatic carbocycles. The van der Waals surface area contributed by atoms with Crippen molar-refractivity contribution in [3.63, 3.8) is 0 Å². The first-order valence-corrected chi connectivity index (χ1v) is 7.03. The van der Waals surface area contributed by atoms with Gasteiger partial charge in [-0.25, -0.2) is 12.8 Å². The van der Waals surface area contributed by atoms with Crippen molar-refractivity contribution >= 4 is 27.3 Å². The summed E-state index contributed by atoms with van der Waals surface area (Å²) in [5.41, 5.74) is 5.04. The molecule has 1 aliphatic rings. The van der Waals surface area contributed by atoms with Crippen LogP contribution in [-0.2, 0) is 10.0 Å². The number of aliphatic hydroxyl groups is 1. The van der Waals surface area contributed by atoms with Gasteiger partial charge in [0.2, 0.25) is 10.0 Å². The topological polar surface area (TPSA) is 83.6 Å². The van der Waals surface area contributed by atoms with Gasteiger partial charge in [-0.2, -0.15) is 4.31 Å². The maximum absolute atomic E-state index is 13.7. The van der Waals surface area contributed by atoms with Crippen LogP contribution in [0.4, 0.5) is 10.1 Å². The number of hydrogen-bond acceptors (Lipinski definition) is 4. The van der Waals surface area contributed by atoms with Crippen molar-refractivity contribution in [2.75, 3.05) is 25.4 Å². The zero-order valence-corrected chi connectivity index (χ0v) is 10.9. The van der Waals surface area contributed by atoms with Crippen molar-refractivity contribution in [1.29, 1.82) is 0 Å². The Hall–Kier alpha value is -0.890. The van der Waals surface area contributed by atoms with Crippen LogP contribution >= 0.6 is 11.6 Å². The molecule has 0 atom stereocenters. The van der Waals surface area contributed by atoms with Crippen LogP contribution in [0.25, 0.3) is 0 Å². The monoisotopic (exact) mass is 294 g/mol. The van der Waals surface area contributed by atoms with Crippen LogP contribution in [-0.4, -0.2) is 37.5 Å². The molecule has 18 heavy (non-hydrogen) atoms. The predicted octanol–water partition coefficient (Wildman–Crippen LogP) is 0.674. The molecule has 0 aliphatic carbocycles. The van der Waals surface area contributed by atoms with Crippen LogP contribution in [0.3, 0.4) is 0 Å². The van der Waals surface area contributed by atoms with Gasteiger partial charge in [-0.05, 0) is 12.1 Å². The number of hydrogen-bond donors (Lipinski definition) is 2. The molecule has 1 fully saturated rings. The molecule has 1 aliphatic heterocycles. The van der Waals surface area contributed by atoms with E-state index in [1.165, 1.54) is 0 Å². The Morgan fingerprint density at radius 1 is 1.50 bits per heavy atom. The Kier molecular flexibility index (Phi) is 3.50. The Labute approximate surface area is 109 Å². The quantitative estimate of drug-likeness (QED) is 0.803. The Morgan fingerprint density at radius 3 is 2.67 bits per heavy atom. The number of rotatable bonds is 3. The van der Waals surface area contributed by atoms with E-state index in [-0.39, 0.29) is 36.3 Å². The van der Waals surface area contributed by atoms with E-state index in [2.05, 4.69) is 0 Å². The number of halogens is 2. The lowest BCUT2D eigenvalue weighted by Gasteiger charge is -2.37. The van der Waals surface area contributed by atoms with Crippen LogP contribution in [0.1, 0.15) is 0 Å². The number of sulfonamides is 1. The number of nitrogens with two attached hydrogens (primary N) is 1. The first kappa shape index (κ1) is 13.5. The second kappa shape index (κ2) is 4.65. The first-order valence-electron chi connectivity index (χ1n) is 5.21. The summed E-state index contributed by atoms with van der Waals surface area (Å²) in [4.78, 5) is -0.524. The maximum atomic E-state index is 13.7. The highest BCUT2D eigenvalue weighted by molar-refractivity contribution is 7.89. The number of nitrogen functional groups attached to an aromatic ring is 1. The third-order valence-corrected chi connectivity index (χ3v) is 4.88. The minimum atomic E-state index is -3.94. The molecule has 1 heterocycles. The van der Waals surface area contributed by atoms with E-state index in [1.807, 2.05) is 0 Å². The van der Waals surface area contributed by atoms with Crippen molar-refractivity contribution < 1.29 is 17.9 Å². The molecule has 2 rings (SSSR count). The lowest BCUT2D eigenvalue weighted by atomic mass is 10.1. The van der Waals surface area contributed by atoms with E-state index in [0.717, 1.165) is 16.4 Å². The summed E-state index contributed by atoms with van der Waals surface area (Å²) in [7, 11) is -3.94. The number of benzene rings is 1. The summed E-state index contributed by atoms with van der Waals surface area (Å²) in [6.45, 7) is 0.252. The molecule has 0 amide bonds. The molecule has 1 saturated heterocycles. The molecule has 100 valence electrons. The van der Waals surface area contributed by atoms with E-state index >= 15 is 0 Å². The molecule has 0 radical (unpaired) electrons. The van der Waals surface area contributed by atoms with Crippen molar-refractivity contribution in [3.8, 4) is 0 Å². The molecule has 5 nitrogen and oxygen atoms in total. The van der Waals surface area contributed by atoms with Gasteiger partial charge in [-0.3, -0.25) is 0 Å². The van der Waals surface area contributed by atoms with Crippen molar-refractivity contribution in [2.45, 2.75) is 4.90 Å². The van der Waals surface area contributed by atoms with Crippen molar-refractivity contribution in [1.82, 2.24) is 4.31 Å². The van der Waals surface area contributed by atoms with Gasteiger partial charge in [0.05, 0.1) is 5.69 Å². The summed E-state index contributed by atoms with van der Waals surface area (Å²) in [5.74, 6) is -1.09. The normalized spacial score (nSPS) is 17.7. The Morgan fingerprint density at radius 2 is 2.11 bits per heavy atom. The van der Waals surface area contributed by atoms with Crippen LogP contribution in [0.5, 0.6) is 0 Å². The standard InChI is InChI=1S/C10H12ClFN2O3S/c11-7-1-8(13)10(12)9(2-7)18(16,17)14-3-6(4-14)5-15/h1-2,6,15H,3-5,13H2. The largest absolute Gasteiger partial charge is 0.396 e. The molecule has 3 N–H and O–H groups in total. The molecule has 0 saturated carbocycles. The van der Waals surface area contributed by atoms with Crippen LogP contribution in [0, 0.1) is 11.7 Å². The van der Waals surface area contributed by atoms with E-state index in [4.69, 9.17) is 22.4 Å². The van der Waals surface area contributed by atoms with Crippen molar-refractivity contribution in [2.24, 2.45) is 5.92 Å². The van der Waals surface area contributed by atoms with Gasteiger partial charge in [-0.1, -0.05) is 11.6 Å². The summed E-state index contributed by atoms with van der Waals surface area (Å²) in [5, 5.41) is 8.91. The third-order valence-electron chi connectivity index (χ3n) is 2.83. The minimum absolute atomic E-state index is 0.0618. The molecule has 0 spiro atoms. The maximum Gasteiger partial charge on any atom is 0.246 e. The molecule has 0 aromatic heterocycles. The lowest BCUT2D eigenvalue weighted by molar-refractivity contribution is 0.117. The molecule has 8 heteroatoms. The summed E-state index contributed by atoms with van der Waals surface area (Å²) in [6.07, 6.45) is 0. The Bertz CT molecular complexity index is 573. The van der Waals surface area contributed by atoms with Gasteiger partial charge < -0.3 is 10.8 Å². The highest BCUT2D eigenvalue weighted by atomic mass is 35.5. The SMILES string of the molecule is Nc1cc(Cl)cc(S(=O)(=O)N2CC(CO)C2)c1F. The van der Waals surface area contributed by atoms with E-state index in [1.54, 1.807) is 0 Å². The lowest BCUT2D eigenvalue weighted by Crippen LogP contribution is -2.51. The third kappa shape index (κ3) is 2.18. The highest BCUT2D eigenvalue weighted by Gasteiger charge is 2.38. The molecule has 0 unspecified atom stereocenters. The van der Waals surface area contributed by atoms with Gasteiger partial charge in [0.1, 0.15) is 4.90 Å². The van der Waals surface area contributed by atoms with Gasteiger partial charge >= 0.3 is 0 Å². The zero-order valence-electron chi connectivity index (χ0n) is 9.31. The van der Waals surface area contributed by atoms with Gasteiger partial charge in [0, 0.05) is 30.6 Å². The van der Waals surface area contributed by atoms with E-state index < -0.39 is 20.7 Å². The minimum Gasteiger partial charge on any atom is -0.396 e.